The molecular formula is C17H29N3O. The number of hydrogen-bond donors (Lipinski definition) is 2. The lowest BCUT2D eigenvalue weighted by molar-refractivity contribution is 0.289. The zero-order valence-electron chi connectivity index (χ0n) is 14.0. The molecule has 1 fully saturated rings. The van der Waals surface area contributed by atoms with Gasteiger partial charge in [-0.3, -0.25) is 0 Å². The van der Waals surface area contributed by atoms with Crippen LogP contribution in [0.25, 0.3) is 0 Å². The van der Waals surface area contributed by atoms with E-state index in [0.29, 0.717) is 17.5 Å². The van der Waals surface area contributed by atoms with Crippen molar-refractivity contribution in [2.45, 2.75) is 59.4 Å². The van der Waals surface area contributed by atoms with E-state index in [1.54, 1.807) is 0 Å². The van der Waals surface area contributed by atoms with E-state index in [1.165, 1.54) is 12.8 Å². The van der Waals surface area contributed by atoms with Crippen LogP contribution in [0.15, 0.2) is 12.1 Å². The molecule has 1 aromatic rings. The fraction of sp³-hybridized carbons (Fsp3) is 0.706. The normalized spacial score (nSPS) is 15.9. The molecule has 0 bridgehead atoms. The van der Waals surface area contributed by atoms with E-state index in [0.717, 1.165) is 18.8 Å². The van der Waals surface area contributed by atoms with Crippen molar-refractivity contribution in [2.24, 2.45) is 11.3 Å². The predicted molar refractivity (Wildman–Crippen MR) is 88.6 cm³/mol. The third-order valence-electron chi connectivity index (χ3n) is 3.48. The molecule has 0 amide bonds. The molecule has 0 atom stereocenters. The highest BCUT2D eigenvalue weighted by molar-refractivity contribution is 5.54. The Bertz CT molecular complexity index is 487. The Hall–Kier alpha value is -1.45. The molecule has 0 saturated heterocycles. The van der Waals surface area contributed by atoms with Crippen molar-refractivity contribution in [1.29, 1.82) is 0 Å². The van der Waals surface area contributed by atoms with Gasteiger partial charge >= 0.3 is 0 Å². The Kier molecular flexibility index (Phi) is 4.35. The number of hydrogen-bond acceptors (Lipinski definition) is 4. The van der Waals surface area contributed by atoms with Crippen LogP contribution < -0.4 is 15.8 Å². The maximum Gasteiger partial charge on any atom is 0.239 e. The van der Waals surface area contributed by atoms with Gasteiger partial charge in [0.15, 0.2) is 0 Å². The van der Waals surface area contributed by atoms with E-state index < -0.39 is 0 Å². The van der Waals surface area contributed by atoms with Gasteiger partial charge < -0.3 is 15.8 Å². The van der Waals surface area contributed by atoms with Crippen molar-refractivity contribution >= 4 is 11.5 Å². The number of rotatable bonds is 6. The number of nitrogens with zero attached hydrogens (tertiary/aromatic N) is 1. The van der Waals surface area contributed by atoms with Gasteiger partial charge in [0, 0.05) is 5.54 Å². The molecule has 4 nitrogen and oxygen atoms in total. The van der Waals surface area contributed by atoms with E-state index in [4.69, 9.17) is 10.5 Å². The fourth-order valence-corrected chi connectivity index (χ4v) is 2.83. The van der Waals surface area contributed by atoms with Gasteiger partial charge in [-0.25, -0.2) is 0 Å². The summed E-state index contributed by atoms with van der Waals surface area (Å²) < 4.78 is 5.74. The fourth-order valence-electron chi connectivity index (χ4n) is 2.83. The highest BCUT2D eigenvalue weighted by atomic mass is 16.5. The van der Waals surface area contributed by atoms with Crippen molar-refractivity contribution in [3.63, 3.8) is 0 Å². The van der Waals surface area contributed by atoms with Crippen LogP contribution in [0.5, 0.6) is 5.88 Å². The monoisotopic (exact) mass is 291 g/mol. The summed E-state index contributed by atoms with van der Waals surface area (Å²) in [5.74, 6) is 2.07. The second-order valence-electron chi connectivity index (χ2n) is 8.09. The first-order valence-electron chi connectivity index (χ1n) is 7.82. The van der Waals surface area contributed by atoms with Crippen molar-refractivity contribution in [1.82, 2.24) is 4.98 Å². The van der Waals surface area contributed by atoms with Gasteiger partial charge in [-0.15, -0.1) is 0 Å². The van der Waals surface area contributed by atoms with Crippen molar-refractivity contribution in [3.05, 3.63) is 12.1 Å². The summed E-state index contributed by atoms with van der Waals surface area (Å²) in [5, 5.41) is 3.50. The number of pyridine rings is 1. The highest BCUT2D eigenvalue weighted by Crippen LogP contribution is 2.32. The second-order valence-corrected chi connectivity index (χ2v) is 8.09. The van der Waals surface area contributed by atoms with Crippen molar-refractivity contribution < 1.29 is 4.74 Å². The Balaban J connectivity index is 2.03. The summed E-state index contributed by atoms with van der Waals surface area (Å²) in [5.41, 5.74) is 6.78. The van der Waals surface area contributed by atoms with E-state index in [1.807, 2.05) is 12.1 Å². The van der Waals surface area contributed by atoms with Crippen LogP contribution in [0, 0.1) is 11.3 Å². The van der Waals surface area contributed by atoms with Crippen LogP contribution in [0.3, 0.4) is 0 Å². The molecule has 2 rings (SSSR count). The quantitative estimate of drug-likeness (QED) is 0.829. The van der Waals surface area contributed by atoms with Crippen LogP contribution in [0.4, 0.5) is 11.5 Å². The van der Waals surface area contributed by atoms with Gasteiger partial charge in [-0.1, -0.05) is 20.8 Å². The Morgan fingerprint density at radius 1 is 1.24 bits per heavy atom. The zero-order valence-corrected chi connectivity index (χ0v) is 14.0. The van der Waals surface area contributed by atoms with Crippen LogP contribution in [-0.4, -0.2) is 17.1 Å². The molecule has 0 aromatic carbocycles. The average Bonchev–Trinajstić information content (AvgIpc) is 3.10. The van der Waals surface area contributed by atoms with Gasteiger partial charge in [0.1, 0.15) is 5.82 Å². The molecule has 21 heavy (non-hydrogen) atoms. The summed E-state index contributed by atoms with van der Waals surface area (Å²) in [4.78, 5) is 4.53. The Morgan fingerprint density at radius 3 is 2.48 bits per heavy atom. The topological polar surface area (TPSA) is 60.2 Å². The number of nitrogens with two attached hydrogens (primary N) is 1. The Morgan fingerprint density at radius 2 is 1.90 bits per heavy atom. The lowest BCUT2D eigenvalue weighted by Crippen LogP contribution is -2.35. The summed E-state index contributed by atoms with van der Waals surface area (Å²) in [7, 11) is 0. The summed E-state index contributed by atoms with van der Waals surface area (Å²) in [6.07, 6.45) is 3.57. The minimum Gasteiger partial charge on any atom is -0.476 e. The van der Waals surface area contributed by atoms with Crippen LogP contribution in [0.1, 0.15) is 53.9 Å². The number of nitrogen functional groups attached to an aromatic ring is 1. The van der Waals surface area contributed by atoms with Gasteiger partial charge in [0.2, 0.25) is 5.88 Å². The molecule has 1 aliphatic rings. The number of ether oxygens (including phenoxy) is 1. The maximum atomic E-state index is 5.95. The van der Waals surface area contributed by atoms with Crippen LogP contribution in [-0.2, 0) is 0 Å². The number of anilines is 2. The molecular weight excluding hydrogens is 262 g/mol. The molecule has 4 heteroatoms. The van der Waals surface area contributed by atoms with E-state index in [-0.39, 0.29) is 11.0 Å². The first-order chi connectivity index (χ1) is 9.65. The molecule has 0 unspecified atom stereocenters. The SMILES string of the molecule is CC(C)(C)CC(C)(C)Nc1ccc(N)c(OCC2CC2)n1. The van der Waals surface area contributed by atoms with Gasteiger partial charge in [0.05, 0.1) is 12.3 Å². The first kappa shape index (κ1) is 15.9. The van der Waals surface area contributed by atoms with Gasteiger partial charge in [0.25, 0.3) is 0 Å². The summed E-state index contributed by atoms with van der Waals surface area (Å²) in [6.45, 7) is 11.9. The van der Waals surface area contributed by atoms with E-state index in [9.17, 15) is 0 Å². The molecule has 3 N–H and O–H groups in total. The van der Waals surface area contributed by atoms with Crippen LogP contribution in [0.2, 0.25) is 0 Å². The third-order valence-corrected chi connectivity index (χ3v) is 3.48. The standard InChI is InChI=1S/C17H29N3O/c1-16(2,3)11-17(4,5)20-14-9-8-13(18)15(19-14)21-10-12-6-7-12/h8-9,12H,6-7,10-11,18H2,1-5H3,(H,19,20). The zero-order chi connectivity index (χ0) is 15.7. The number of aromatic nitrogens is 1. The molecule has 0 radical (unpaired) electrons. The molecule has 1 heterocycles. The smallest absolute Gasteiger partial charge is 0.239 e. The summed E-state index contributed by atoms with van der Waals surface area (Å²) >= 11 is 0. The Labute approximate surface area is 128 Å². The maximum absolute atomic E-state index is 5.95. The van der Waals surface area contributed by atoms with Crippen molar-refractivity contribution in [2.75, 3.05) is 17.7 Å². The van der Waals surface area contributed by atoms with Crippen molar-refractivity contribution in [3.8, 4) is 5.88 Å². The summed E-state index contributed by atoms with van der Waals surface area (Å²) in [6, 6.07) is 3.79. The molecule has 1 aromatic heterocycles. The van der Waals surface area contributed by atoms with E-state index in [2.05, 4.69) is 44.9 Å². The molecule has 1 aliphatic carbocycles. The molecule has 118 valence electrons. The lowest BCUT2D eigenvalue weighted by atomic mass is 9.82. The second kappa shape index (κ2) is 5.74. The predicted octanol–water partition coefficient (Wildman–Crippen LogP) is 4.08. The largest absolute Gasteiger partial charge is 0.476 e. The minimum atomic E-state index is -0.0326. The van der Waals surface area contributed by atoms with Crippen LogP contribution >= 0.6 is 0 Å². The molecule has 0 aliphatic heterocycles. The molecule has 0 spiro atoms. The minimum absolute atomic E-state index is 0.0326. The van der Waals surface area contributed by atoms with Gasteiger partial charge in [-0.05, 0) is 56.6 Å². The molecule has 1 saturated carbocycles. The highest BCUT2D eigenvalue weighted by Gasteiger charge is 2.26. The van der Waals surface area contributed by atoms with Gasteiger partial charge in [-0.2, -0.15) is 4.98 Å². The first-order valence-corrected chi connectivity index (χ1v) is 7.82. The number of nitrogens with one attached hydrogen (secondary N) is 1. The van der Waals surface area contributed by atoms with E-state index >= 15 is 0 Å². The average molecular weight is 291 g/mol. The lowest BCUT2D eigenvalue weighted by Gasteiger charge is -2.33. The third kappa shape index (κ3) is 5.44.